The van der Waals surface area contributed by atoms with Crippen LogP contribution in [0.4, 0.5) is 0 Å². The number of nitrogens with zero attached hydrogens (tertiary/aromatic N) is 3. The molecule has 0 aliphatic heterocycles. The molecule has 0 radical (unpaired) electrons. The van der Waals surface area contributed by atoms with Crippen LogP contribution in [-0.4, -0.2) is 33.3 Å². The second kappa shape index (κ2) is 8.69. The zero-order chi connectivity index (χ0) is 19.5. The van der Waals surface area contributed by atoms with Gasteiger partial charge >= 0.3 is 5.97 Å². The topological polar surface area (TPSA) is 65.0 Å². The minimum Gasteiger partial charge on any atom is -0.461 e. The van der Waals surface area contributed by atoms with Gasteiger partial charge in [-0.25, -0.2) is 19.7 Å². The van der Waals surface area contributed by atoms with Crippen molar-refractivity contribution in [2.24, 2.45) is 0 Å². The number of benzene rings is 1. The molecular formula is C19H17N3O2S4. The smallest absolute Gasteiger partial charge is 0.357 e. The summed E-state index contributed by atoms with van der Waals surface area (Å²) < 4.78 is 7.30. The van der Waals surface area contributed by atoms with Gasteiger partial charge in [-0.15, -0.1) is 34.0 Å². The molecule has 3 heterocycles. The summed E-state index contributed by atoms with van der Waals surface area (Å²) in [6, 6.07) is 8.21. The maximum absolute atomic E-state index is 11.8. The zero-order valence-electron chi connectivity index (χ0n) is 15.2. The number of thioether (sulfide) groups is 1. The second-order valence-electron chi connectivity index (χ2n) is 5.99. The number of ether oxygens (including phenoxy) is 1. The van der Waals surface area contributed by atoms with Gasteiger partial charge in [0.15, 0.2) is 10.0 Å². The number of hydrogen-bond donors (Lipinski definition) is 0. The normalized spacial score (nSPS) is 12.4. The number of carbonyl (C=O) groups is 1. The summed E-state index contributed by atoms with van der Waals surface area (Å²) in [5.74, 6) is 0.833. The predicted octanol–water partition coefficient (Wildman–Crippen LogP) is 5.95. The van der Waals surface area contributed by atoms with Gasteiger partial charge in [0.05, 0.1) is 21.8 Å². The van der Waals surface area contributed by atoms with Crippen LogP contribution in [0.15, 0.2) is 39.4 Å². The molecule has 0 unspecified atom stereocenters. The fourth-order valence-corrected chi connectivity index (χ4v) is 6.39. The number of aromatic nitrogens is 3. The van der Waals surface area contributed by atoms with Crippen LogP contribution >= 0.6 is 45.8 Å². The third-order valence-electron chi connectivity index (χ3n) is 3.88. The fourth-order valence-electron chi connectivity index (χ4n) is 2.48. The number of thiazole rings is 3. The van der Waals surface area contributed by atoms with E-state index in [2.05, 4.69) is 23.0 Å². The van der Waals surface area contributed by atoms with E-state index in [-0.39, 0.29) is 5.97 Å². The number of rotatable bonds is 7. The Morgan fingerprint density at radius 1 is 1.18 bits per heavy atom. The molecule has 0 amide bonds. The van der Waals surface area contributed by atoms with Gasteiger partial charge in [-0.1, -0.05) is 30.8 Å². The summed E-state index contributed by atoms with van der Waals surface area (Å²) in [4.78, 5) is 25.6. The van der Waals surface area contributed by atoms with Gasteiger partial charge in [0.2, 0.25) is 0 Å². The van der Waals surface area contributed by atoms with E-state index in [1.54, 1.807) is 46.7 Å². The Bertz CT molecular complexity index is 1070. The van der Waals surface area contributed by atoms with Crippen molar-refractivity contribution in [3.8, 4) is 10.7 Å². The molecule has 0 N–H and O–H groups in total. The monoisotopic (exact) mass is 447 g/mol. The Balaban J connectivity index is 1.41. The van der Waals surface area contributed by atoms with Crippen molar-refractivity contribution in [2.45, 2.75) is 24.1 Å². The molecule has 0 aliphatic rings. The Hall–Kier alpha value is -1.81. The summed E-state index contributed by atoms with van der Waals surface area (Å²) in [5, 5.41) is 5.54. The van der Waals surface area contributed by atoms with Gasteiger partial charge in [0, 0.05) is 22.4 Å². The first-order valence-electron chi connectivity index (χ1n) is 8.71. The average molecular weight is 448 g/mol. The van der Waals surface area contributed by atoms with Crippen molar-refractivity contribution < 1.29 is 9.53 Å². The van der Waals surface area contributed by atoms with Gasteiger partial charge in [-0.05, 0) is 19.1 Å². The average Bonchev–Trinajstić information content (AvgIpc) is 3.44. The van der Waals surface area contributed by atoms with Crippen LogP contribution in [0.25, 0.3) is 20.9 Å². The highest BCUT2D eigenvalue weighted by molar-refractivity contribution is 8.01. The lowest BCUT2D eigenvalue weighted by Crippen LogP contribution is -2.04. The number of hydrogen-bond acceptors (Lipinski definition) is 9. The van der Waals surface area contributed by atoms with Crippen LogP contribution in [0.3, 0.4) is 0 Å². The van der Waals surface area contributed by atoms with Crippen LogP contribution in [0, 0.1) is 0 Å². The van der Waals surface area contributed by atoms with E-state index in [0.717, 1.165) is 31.3 Å². The van der Waals surface area contributed by atoms with E-state index in [0.29, 0.717) is 18.2 Å². The molecule has 28 heavy (non-hydrogen) atoms. The molecule has 0 saturated heterocycles. The van der Waals surface area contributed by atoms with E-state index in [1.807, 2.05) is 23.6 Å². The zero-order valence-corrected chi connectivity index (χ0v) is 18.5. The number of para-hydroxylation sites is 1. The number of fused-ring (bicyclic) bond motifs is 1. The van der Waals surface area contributed by atoms with E-state index < -0.39 is 0 Å². The lowest BCUT2D eigenvalue weighted by atomic mass is 10.2. The van der Waals surface area contributed by atoms with Gasteiger partial charge in [-0.3, -0.25) is 0 Å². The van der Waals surface area contributed by atoms with Gasteiger partial charge in [0.25, 0.3) is 0 Å². The van der Waals surface area contributed by atoms with Gasteiger partial charge < -0.3 is 4.74 Å². The fraction of sp³-hybridized carbons (Fsp3) is 0.263. The third-order valence-corrected chi connectivity index (χ3v) is 8.26. The summed E-state index contributed by atoms with van der Waals surface area (Å²) in [5.41, 5.74) is 2.22. The Kier molecular flexibility index (Phi) is 6.05. The molecule has 0 saturated carbocycles. The minimum atomic E-state index is -0.388. The lowest BCUT2D eigenvalue weighted by molar-refractivity contribution is 0.0520. The SMILES string of the molecule is CCOC(=O)c1csc(-c2csc([C@@H](C)CSc3nc4ccccc4s3)n2)n1. The lowest BCUT2D eigenvalue weighted by Gasteiger charge is -2.05. The largest absolute Gasteiger partial charge is 0.461 e. The second-order valence-corrected chi connectivity index (χ2v) is 10.0. The molecule has 1 atom stereocenters. The molecule has 0 bridgehead atoms. The van der Waals surface area contributed by atoms with Crippen LogP contribution in [0.5, 0.6) is 0 Å². The van der Waals surface area contributed by atoms with Crippen molar-refractivity contribution in [1.29, 1.82) is 0 Å². The van der Waals surface area contributed by atoms with E-state index in [4.69, 9.17) is 9.72 Å². The maximum Gasteiger partial charge on any atom is 0.357 e. The standard InChI is InChI=1S/C19H17N3O2S4/c1-3-24-18(23)14-10-26-17(21-14)13-9-25-16(20-13)11(2)8-27-19-22-12-6-4-5-7-15(12)28-19/h4-7,9-11H,3,8H2,1-2H3/t11-/m0/s1. The molecule has 9 heteroatoms. The van der Waals surface area contributed by atoms with Crippen molar-refractivity contribution in [1.82, 2.24) is 15.0 Å². The molecule has 3 aromatic heterocycles. The van der Waals surface area contributed by atoms with Crippen LogP contribution in [0.1, 0.15) is 35.3 Å². The van der Waals surface area contributed by atoms with Gasteiger partial charge in [-0.2, -0.15) is 0 Å². The predicted molar refractivity (Wildman–Crippen MR) is 118 cm³/mol. The van der Waals surface area contributed by atoms with Gasteiger partial charge in [0.1, 0.15) is 10.7 Å². The number of carbonyl (C=O) groups excluding carboxylic acids is 1. The van der Waals surface area contributed by atoms with Crippen molar-refractivity contribution in [2.75, 3.05) is 12.4 Å². The first-order valence-corrected chi connectivity index (χ1v) is 12.3. The quantitative estimate of drug-likeness (QED) is 0.258. The molecule has 5 nitrogen and oxygen atoms in total. The van der Waals surface area contributed by atoms with Crippen LogP contribution in [0.2, 0.25) is 0 Å². The van der Waals surface area contributed by atoms with Crippen molar-refractivity contribution >= 4 is 62.0 Å². The van der Waals surface area contributed by atoms with Crippen LogP contribution < -0.4 is 0 Å². The molecular weight excluding hydrogens is 430 g/mol. The molecule has 4 aromatic rings. The number of esters is 1. The summed E-state index contributed by atoms with van der Waals surface area (Å²) in [7, 11) is 0. The molecule has 4 rings (SSSR count). The highest BCUT2D eigenvalue weighted by atomic mass is 32.2. The van der Waals surface area contributed by atoms with E-state index in [1.165, 1.54) is 16.0 Å². The molecule has 0 aliphatic carbocycles. The molecule has 1 aromatic carbocycles. The first-order chi connectivity index (χ1) is 13.6. The summed E-state index contributed by atoms with van der Waals surface area (Å²) in [6.07, 6.45) is 0. The Labute approximate surface area is 178 Å². The summed E-state index contributed by atoms with van der Waals surface area (Å²) >= 11 is 6.54. The molecule has 144 valence electrons. The van der Waals surface area contributed by atoms with E-state index >= 15 is 0 Å². The van der Waals surface area contributed by atoms with Crippen molar-refractivity contribution in [3.05, 3.63) is 45.7 Å². The molecule has 0 spiro atoms. The van der Waals surface area contributed by atoms with E-state index in [9.17, 15) is 4.79 Å². The summed E-state index contributed by atoms with van der Waals surface area (Å²) in [6.45, 7) is 4.30. The minimum absolute atomic E-state index is 0.306. The maximum atomic E-state index is 11.8. The van der Waals surface area contributed by atoms with Crippen LogP contribution in [-0.2, 0) is 4.74 Å². The van der Waals surface area contributed by atoms with Crippen molar-refractivity contribution in [3.63, 3.8) is 0 Å². The first kappa shape index (κ1) is 19.5. The highest BCUT2D eigenvalue weighted by Crippen LogP contribution is 2.34. The third kappa shape index (κ3) is 4.27. The highest BCUT2D eigenvalue weighted by Gasteiger charge is 2.17. The molecule has 0 fully saturated rings. The Morgan fingerprint density at radius 2 is 2.04 bits per heavy atom. The Morgan fingerprint density at radius 3 is 2.86 bits per heavy atom.